The van der Waals surface area contributed by atoms with Gasteiger partial charge in [-0.25, -0.2) is 0 Å². The Labute approximate surface area is 158 Å². The zero-order valence-corrected chi connectivity index (χ0v) is 15.5. The molecule has 0 bridgehead atoms. The molecule has 1 heterocycles. The van der Waals surface area contributed by atoms with E-state index in [4.69, 9.17) is 0 Å². The lowest BCUT2D eigenvalue weighted by Crippen LogP contribution is -2.51. The van der Waals surface area contributed by atoms with Gasteiger partial charge in [-0.3, -0.25) is 9.59 Å². The van der Waals surface area contributed by atoms with Crippen molar-refractivity contribution in [2.75, 3.05) is 25.5 Å². The van der Waals surface area contributed by atoms with Crippen molar-refractivity contribution in [2.45, 2.75) is 25.0 Å². The number of amides is 2. The van der Waals surface area contributed by atoms with Crippen LogP contribution in [0, 0.1) is 0 Å². The molecule has 2 atom stereocenters. The summed E-state index contributed by atoms with van der Waals surface area (Å²) in [6.07, 6.45) is -1.99. The van der Waals surface area contributed by atoms with E-state index in [1.54, 1.807) is 0 Å². The molecule has 0 spiro atoms. The van der Waals surface area contributed by atoms with Crippen LogP contribution in [-0.2, 0) is 16.0 Å². The second kappa shape index (κ2) is 7.90. The quantitative estimate of drug-likeness (QED) is 0.856. The number of likely N-dealkylation sites (N-methyl/N-ethyl adjacent to an activating group) is 1. The fourth-order valence-corrected chi connectivity index (χ4v) is 3.33. The Morgan fingerprint density at radius 2 is 1.70 bits per heavy atom. The van der Waals surface area contributed by atoms with E-state index in [9.17, 15) is 19.8 Å². The van der Waals surface area contributed by atoms with Gasteiger partial charge in [0.2, 0.25) is 0 Å². The topological polar surface area (TPSA) is 81.1 Å². The molecule has 0 aliphatic carbocycles. The van der Waals surface area contributed by atoms with Crippen LogP contribution in [0.4, 0.5) is 5.69 Å². The van der Waals surface area contributed by atoms with Gasteiger partial charge >= 0.3 is 0 Å². The van der Waals surface area contributed by atoms with Crippen molar-refractivity contribution in [2.24, 2.45) is 0 Å². The highest BCUT2D eigenvalue weighted by Crippen LogP contribution is 2.32. The number of fused-ring (bicyclic) bond motifs is 1. The normalized spacial score (nSPS) is 15.6. The van der Waals surface area contributed by atoms with Crippen LogP contribution in [0.25, 0.3) is 11.1 Å². The number of carbonyl (C=O) groups excluding carboxylic acids is 2. The number of hydrogen-bond acceptors (Lipinski definition) is 4. The molecule has 2 amide bonds. The molecule has 0 unspecified atom stereocenters. The molecule has 27 heavy (non-hydrogen) atoms. The van der Waals surface area contributed by atoms with E-state index in [0.717, 1.165) is 40.1 Å². The maximum Gasteiger partial charge on any atom is 0.259 e. The van der Waals surface area contributed by atoms with Crippen LogP contribution in [0.15, 0.2) is 48.5 Å². The lowest BCUT2D eigenvalue weighted by Gasteiger charge is -2.32. The summed E-state index contributed by atoms with van der Waals surface area (Å²) in [6.45, 7) is 0.441. The average molecular weight is 368 g/mol. The molecule has 1 aliphatic rings. The number of nitrogens with zero attached hydrogens (tertiary/aromatic N) is 2. The van der Waals surface area contributed by atoms with Crippen molar-refractivity contribution in [3.63, 3.8) is 0 Å². The molecule has 0 saturated carbocycles. The smallest absolute Gasteiger partial charge is 0.259 e. The van der Waals surface area contributed by atoms with Crippen LogP contribution in [0.5, 0.6) is 0 Å². The van der Waals surface area contributed by atoms with E-state index in [-0.39, 0.29) is 0 Å². The number of anilines is 1. The molecule has 6 nitrogen and oxygen atoms in total. The molecule has 142 valence electrons. The first-order chi connectivity index (χ1) is 12.9. The number of benzene rings is 2. The number of hydrogen-bond donors (Lipinski definition) is 2. The Morgan fingerprint density at radius 3 is 2.37 bits per heavy atom. The highest BCUT2D eigenvalue weighted by atomic mass is 16.3. The number of aliphatic hydroxyl groups is 2. The van der Waals surface area contributed by atoms with Gasteiger partial charge in [0, 0.05) is 26.3 Å². The Balaban J connectivity index is 1.86. The van der Waals surface area contributed by atoms with Gasteiger partial charge < -0.3 is 20.0 Å². The van der Waals surface area contributed by atoms with E-state index in [1.165, 1.54) is 19.0 Å². The number of carbonyl (C=O) groups is 2. The summed E-state index contributed by atoms with van der Waals surface area (Å²) in [5.74, 6) is -1.36. The van der Waals surface area contributed by atoms with Gasteiger partial charge in [0.05, 0.1) is 0 Å². The second-order valence-corrected chi connectivity index (χ2v) is 6.93. The van der Waals surface area contributed by atoms with E-state index >= 15 is 0 Å². The summed E-state index contributed by atoms with van der Waals surface area (Å²) < 4.78 is 0. The third-order valence-corrected chi connectivity index (χ3v) is 4.82. The summed E-state index contributed by atoms with van der Waals surface area (Å²) in [5.41, 5.74) is 3.88. The predicted octanol–water partition coefficient (Wildman–Crippen LogP) is 1.44. The van der Waals surface area contributed by atoms with Crippen molar-refractivity contribution < 1.29 is 19.8 Å². The van der Waals surface area contributed by atoms with Crippen molar-refractivity contribution in [3.05, 3.63) is 54.1 Å². The summed E-state index contributed by atoms with van der Waals surface area (Å²) in [5, 5.41) is 20.2. The Morgan fingerprint density at radius 1 is 1.00 bits per heavy atom. The van der Waals surface area contributed by atoms with Gasteiger partial charge in [0.1, 0.15) is 0 Å². The van der Waals surface area contributed by atoms with E-state index < -0.39 is 24.0 Å². The SMILES string of the molecule is CN(C)C(=O)[C@H](O)[C@@H](O)C(=O)N1CCCc2cc(-c3ccccc3)ccc21. The maximum absolute atomic E-state index is 12.7. The molecule has 2 N–H and O–H groups in total. The number of aryl methyl sites for hydroxylation is 1. The van der Waals surface area contributed by atoms with Gasteiger partial charge in [0.15, 0.2) is 12.2 Å². The summed E-state index contributed by atoms with van der Waals surface area (Å²) in [7, 11) is 2.92. The summed E-state index contributed by atoms with van der Waals surface area (Å²) >= 11 is 0. The first kappa shape index (κ1) is 19.1. The van der Waals surface area contributed by atoms with Gasteiger partial charge in [-0.1, -0.05) is 36.4 Å². The molecule has 1 aliphatic heterocycles. The monoisotopic (exact) mass is 368 g/mol. The maximum atomic E-state index is 12.7. The lowest BCUT2D eigenvalue weighted by atomic mass is 9.95. The van der Waals surface area contributed by atoms with Gasteiger partial charge in [0.25, 0.3) is 11.8 Å². The van der Waals surface area contributed by atoms with Crippen LogP contribution in [0.3, 0.4) is 0 Å². The van der Waals surface area contributed by atoms with Crippen LogP contribution in [0.1, 0.15) is 12.0 Å². The van der Waals surface area contributed by atoms with Crippen LogP contribution < -0.4 is 4.90 Å². The third-order valence-electron chi connectivity index (χ3n) is 4.82. The van der Waals surface area contributed by atoms with Crippen molar-refractivity contribution in [1.29, 1.82) is 0 Å². The first-order valence-electron chi connectivity index (χ1n) is 8.97. The largest absolute Gasteiger partial charge is 0.380 e. The van der Waals surface area contributed by atoms with Gasteiger partial charge in [-0.2, -0.15) is 0 Å². The minimum Gasteiger partial charge on any atom is -0.380 e. The van der Waals surface area contributed by atoms with Crippen LogP contribution in [0.2, 0.25) is 0 Å². The molecule has 0 saturated heterocycles. The minimum absolute atomic E-state index is 0.441. The predicted molar refractivity (Wildman–Crippen MR) is 103 cm³/mol. The molecule has 2 aromatic rings. The van der Waals surface area contributed by atoms with Crippen LogP contribution in [-0.4, -0.2) is 59.8 Å². The molecular weight excluding hydrogens is 344 g/mol. The highest BCUT2D eigenvalue weighted by molar-refractivity contribution is 6.01. The third kappa shape index (κ3) is 3.86. The molecule has 2 aromatic carbocycles. The van der Waals surface area contributed by atoms with Crippen molar-refractivity contribution in [3.8, 4) is 11.1 Å². The Hall–Kier alpha value is -2.70. The molecule has 6 heteroatoms. The average Bonchev–Trinajstić information content (AvgIpc) is 2.71. The number of aliphatic hydroxyl groups excluding tert-OH is 2. The lowest BCUT2D eigenvalue weighted by molar-refractivity contribution is -0.150. The van der Waals surface area contributed by atoms with Gasteiger partial charge in [-0.05, 0) is 41.7 Å². The van der Waals surface area contributed by atoms with E-state index in [0.29, 0.717) is 6.54 Å². The molecular formula is C21H24N2O4. The molecule has 0 radical (unpaired) electrons. The zero-order valence-electron chi connectivity index (χ0n) is 15.5. The Kier molecular flexibility index (Phi) is 5.58. The molecule has 0 aromatic heterocycles. The first-order valence-corrected chi connectivity index (χ1v) is 8.97. The second-order valence-electron chi connectivity index (χ2n) is 6.93. The molecule has 3 rings (SSSR count). The fourth-order valence-electron chi connectivity index (χ4n) is 3.33. The summed E-state index contributed by atoms with van der Waals surface area (Å²) in [6, 6.07) is 15.8. The van der Waals surface area contributed by atoms with E-state index in [1.807, 2.05) is 42.5 Å². The molecule has 0 fully saturated rings. The number of rotatable bonds is 4. The minimum atomic E-state index is -1.79. The highest BCUT2D eigenvalue weighted by Gasteiger charge is 2.36. The van der Waals surface area contributed by atoms with Crippen LogP contribution >= 0.6 is 0 Å². The standard InChI is InChI=1S/C21H24N2O4/c1-22(2)20(26)18(24)19(25)21(27)23-12-6-9-16-13-15(10-11-17(16)23)14-7-4-3-5-8-14/h3-5,7-8,10-11,13,18-19,24-25H,6,9,12H2,1-2H3/t18-,19-/m1/s1. The zero-order chi connectivity index (χ0) is 19.6. The van der Waals surface area contributed by atoms with Gasteiger partial charge in [-0.15, -0.1) is 0 Å². The summed E-state index contributed by atoms with van der Waals surface area (Å²) in [4.78, 5) is 27.2. The van der Waals surface area contributed by atoms with E-state index in [2.05, 4.69) is 6.07 Å². The fraction of sp³-hybridized carbons (Fsp3) is 0.333. The van der Waals surface area contributed by atoms with Crippen molar-refractivity contribution >= 4 is 17.5 Å². The van der Waals surface area contributed by atoms with Crippen molar-refractivity contribution in [1.82, 2.24) is 4.90 Å². The Bertz CT molecular complexity index is 835.